The third-order valence-corrected chi connectivity index (χ3v) is 3.91. The Morgan fingerprint density at radius 3 is 2.86 bits per heavy atom. The van der Waals surface area contributed by atoms with Gasteiger partial charge in [-0.1, -0.05) is 12.8 Å². The number of carbonyl (C=O) groups excluding carboxylic acids is 1. The van der Waals surface area contributed by atoms with Crippen LogP contribution in [0.2, 0.25) is 0 Å². The maximum absolute atomic E-state index is 12.3. The van der Waals surface area contributed by atoms with Crippen molar-refractivity contribution >= 4 is 35.1 Å². The first-order chi connectivity index (χ1) is 10.1. The predicted octanol–water partition coefficient (Wildman–Crippen LogP) is 2.61. The van der Waals surface area contributed by atoms with Crippen molar-refractivity contribution in [2.75, 3.05) is 12.4 Å². The molecule has 1 aromatic heterocycles. The quantitative estimate of drug-likeness (QED) is 0.901. The van der Waals surface area contributed by atoms with Crippen molar-refractivity contribution in [1.82, 2.24) is 4.98 Å². The Bertz CT molecular complexity index is 665. The molecule has 6 nitrogen and oxygen atoms in total. The molecule has 120 valence electrons. The number of carbonyl (C=O) groups is 1. The van der Waals surface area contributed by atoms with Gasteiger partial charge in [0.25, 0.3) is 0 Å². The number of hydrogen-bond donors (Lipinski definition) is 2. The van der Waals surface area contributed by atoms with Gasteiger partial charge in [-0.2, -0.15) is 0 Å². The highest BCUT2D eigenvalue weighted by Crippen LogP contribution is 2.29. The fraction of sp³-hybridized carbons (Fsp3) is 0.467. The van der Waals surface area contributed by atoms with E-state index in [1.54, 1.807) is 25.3 Å². The Morgan fingerprint density at radius 1 is 1.45 bits per heavy atom. The number of nitrogens with one attached hydrogen (secondary N) is 1. The molecule has 1 fully saturated rings. The van der Waals surface area contributed by atoms with Crippen LogP contribution in [-0.4, -0.2) is 23.5 Å². The van der Waals surface area contributed by atoms with E-state index in [-0.39, 0.29) is 18.3 Å². The lowest BCUT2D eigenvalue weighted by molar-refractivity contribution is -0.121. The number of fused-ring (bicyclic) bond motifs is 1. The number of nitrogens with two attached hydrogens (primary N) is 1. The smallest absolute Gasteiger partial charge is 0.244 e. The maximum Gasteiger partial charge on any atom is 0.244 e. The number of nitrogens with zero attached hydrogens (tertiary/aromatic N) is 1. The molecule has 1 aliphatic carbocycles. The number of methoxy groups -OCH3 is 1. The molecule has 22 heavy (non-hydrogen) atoms. The van der Waals surface area contributed by atoms with Gasteiger partial charge < -0.3 is 20.2 Å². The largest absolute Gasteiger partial charge is 0.438 e. The molecular formula is C15H20ClN3O3. The highest BCUT2D eigenvalue weighted by atomic mass is 35.5. The van der Waals surface area contributed by atoms with Crippen molar-refractivity contribution in [2.24, 2.45) is 5.73 Å². The highest BCUT2D eigenvalue weighted by Gasteiger charge is 2.36. The van der Waals surface area contributed by atoms with Crippen molar-refractivity contribution in [3.8, 4) is 0 Å². The molecule has 0 radical (unpaired) electrons. The van der Waals surface area contributed by atoms with E-state index in [1.165, 1.54) is 0 Å². The summed E-state index contributed by atoms with van der Waals surface area (Å²) in [6.07, 6.45) is 3.49. The Hall–Kier alpha value is -1.63. The van der Waals surface area contributed by atoms with Gasteiger partial charge in [0.15, 0.2) is 5.58 Å². The number of halogens is 1. The Kier molecular flexibility index (Phi) is 5.05. The molecule has 1 amide bonds. The summed E-state index contributed by atoms with van der Waals surface area (Å²) in [4.78, 5) is 16.6. The van der Waals surface area contributed by atoms with Crippen LogP contribution in [0, 0.1) is 0 Å². The lowest BCUT2D eigenvalue weighted by Crippen LogP contribution is -2.48. The molecule has 3 N–H and O–H groups in total. The number of aromatic nitrogens is 1. The molecule has 7 heteroatoms. The van der Waals surface area contributed by atoms with Crippen LogP contribution in [0.4, 0.5) is 5.69 Å². The second-order valence-electron chi connectivity index (χ2n) is 5.54. The van der Waals surface area contributed by atoms with Crippen LogP contribution in [-0.2, 0) is 16.1 Å². The highest BCUT2D eigenvalue weighted by molar-refractivity contribution is 5.99. The molecule has 0 bridgehead atoms. The van der Waals surface area contributed by atoms with Gasteiger partial charge in [-0.25, -0.2) is 4.98 Å². The zero-order valence-corrected chi connectivity index (χ0v) is 13.2. The number of anilines is 1. The minimum Gasteiger partial charge on any atom is -0.438 e. The van der Waals surface area contributed by atoms with Crippen molar-refractivity contribution in [1.29, 1.82) is 0 Å². The van der Waals surface area contributed by atoms with Gasteiger partial charge in [-0.05, 0) is 31.0 Å². The summed E-state index contributed by atoms with van der Waals surface area (Å²) >= 11 is 0. The average molecular weight is 326 g/mol. The summed E-state index contributed by atoms with van der Waals surface area (Å²) in [5.74, 6) is 0.391. The number of ether oxygens (including phenoxy) is 1. The van der Waals surface area contributed by atoms with Crippen LogP contribution in [0.5, 0.6) is 0 Å². The lowest BCUT2D eigenvalue weighted by atomic mass is 9.98. The van der Waals surface area contributed by atoms with Crippen molar-refractivity contribution in [2.45, 2.75) is 37.8 Å². The third-order valence-electron chi connectivity index (χ3n) is 3.91. The summed E-state index contributed by atoms with van der Waals surface area (Å²) in [6, 6.07) is 5.36. The first-order valence-electron chi connectivity index (χ1n) is 7.09. The Balaban J connectivity index is 0.00000176. The van der Waals surface area contributed by atoms with Crippen LogP contribution in [0.25, 0.3) is 11.1 Å². The minimum atomic E-state index is -0.736. The van der Waals surface area contributed by atoms with E-state index < -0.39 is 5.54 Å². The van der Waals surface area contributed by atoms with Gasteiger partial charge in [0.2, 0.25) is 11.8 Å². The Labute approximate surface area is 134 Å². The molecule has 3 rings (SSSR count). The van der Waals surface area contributed by atoms with Crippen LogP contribution in [0.1, 0.15) is 31.6 Å². The van der Waals surface area contributed by atoms with Gasteiger partial charge in [-0.3, -0.25) is 4.79 Å². The first kappa shape index (κ1) is 16.7. The van der Waals surface area contributed by atoms with Gasteiger partial charge in [-0.15, -0.1) is 12.4 Å². The maximum atomic E-state index is 12.3. The van der Waals surface area contributed by atoms with E-state index in [9.17, 15) is 4.79 Å². The molecule has 0 atom stereocenters. The zero-order valence-electron chi connectivity index (χ0n) is 12.4. The van der Waals surface area contributed by atoms with Crippen LogP contribution >= 0.6 is 12.4 Å². The van der Waals surface area contributed by atoms with E-state index in [4.69, 9.17) is 14.9 Å². The number of oxazole rings is 1. The van der Waals surface area contributed by atoms with Gasteiger partial charge >= 0.3 is 0 Å². The molecule has 0 unspecified atom stereocenters. The fourth-order valence-corrected chi connectivity index (χ4v) is 2.73. The molecule has 1 saturated carbocycles. The SMILES string of the molecule is COCc1nc2cc(NC(=O)C3(N)CCCC3)ccc2o1.Cl. The normalized spacial score (nSPS) is 16.5. The van der Waals surface area contributed by atoms with E-state index in [2.05, 4.69) is 10.3 Å². The molecule has 1 heterocycles. The Morgan fingerprint density at radius 2 is 2.18 bits per heavy atom. The molecule has 1 aromatic carbocycles. The van der Waals surface area contributed by atoms with Gasteiger partial charge in [0, 0.05) is 12.8 Å². The monoisotopic (exact) mass is 325 g/mol. The molecule has 1 aliphatic rings. The predicted molar refractivity (Wildman–Crippen MR) is 86.0 cm³/mol. The summed E-state index contributed by atoms with van der Waals surface area (Å²) in [5, 5.41) is 2.88. The van der Waals surface area contributed by atoms with Gasteiger partial charge in [0.1, 0.15) is 12.1 Å². The van der Waals surface area contributed by atoms with Crippen molar-refractivity contribution in [3.63, 3.8) is 0 Å². The van der Waals surface area contributed by atoms with Crippen LogP contribution in [0.3, 0.4) is 0 Å². The van der Waals surface area contributed by atoms with Crippen molar-refractivity contribution < 1.29 is 13.9 Å². The van der Waals surface area contributed by atoms with E-state index in [0.717, 1.165) is 25.7 Å². The molecule has 0 aliphatic heterocycles. The van der Waals surface area contributed by atoms with E-state index >= 15 is 0 Å². The molecule has 0 saturated heterocycles. The molecular weight excluding hydrogens is 306 g/mol. The van der Waals surface area contributed by atoms with Gasteiger partial charge in [0.05, 0.1) is 5.54 Å². The zero-order chi connectivity index (χ0) is 14.9. The third kappa shape index (κ3) is 3.24. The lowest BCUT2D eigenvalue weighted by Gasteiger charge is -2.22. The first-order valence-corrected chi connectivity index (χ1v) is 7.09. The van der Waals surface area contributed by atoms with E-state index in [0.29, 0.717) is 29.3 Å². The number of amides is 1. The fourth-order valence-electron chi connectivity index (χ4n) is 2.73. The summed E-state index contributed by atoms with van der Waals surface area (Å²) in [7, 11) is 1.59. The number of hydrogen-bond acceptors (Lipinski definition) is 5. The van der Waals surface area contributed by atoms with Crippen molar-refractivity contribution in [3.05, 3.63) is 24.1 Å². The topological polar surface area (TPSA) is 90.4 Å². The summed E-state index contributed by atoms with van der Waals surface area (Å²) in [6.45, 7) is 0.322. The second-order valence-corrected chi connectivity index (χ2v) is 5.54. The van der Waals surface area contributed by atoms with Crippen LogP contribution in [0.15, 0.2) is 22.6 Å². The average Bonchev–Trinajstić information content (AvgIpc) is 3.05. The number of rotatable bonds is 4. The molecule has 2 aromatic rings. The minimum absolute atomic E-state index is 0. The summed E-state index contributed by atoms with van der Waals surface area (Å²) in [5.41, 5.74) is 7.45. The van der Waals surface area contributed by atoms with Crippen LogP contribution < -0.4 is 11.1 Å². The second kappa shape index (κ2) is 6.64. The number of benzene rings is 1. The standard InChI is InChI=1S/C15H19N3O3.ClH/c1-20-9-13-18-11-8-10(4-5-12(11)21-13)17-14(19)15(16)6-2-3-7-15;/h4-5,8H,2-3,6-7,9,16H2,1H3,(H,17,19);1H. The molecule has 0 spiro atoms. The van der Waals surface area contributed by atoms with E-state index in [1.807, 2.05) is 0 Å². The summed E-state index contributed by atoms with van der Waals surface area (Å²) < 4.78 is 10.5.